The molecule has 1 fully saturated rings. The minimum atomic E-state index is -5.01. The van der Waals surface area contributed by atoms with Crippen molar-refractivity contribution in [1.82, 2.24) is 63.1 Å². The summed E-state index contributed by atoms with van der Waals surface area (Å²) in [6.07, 6.45) is 1.03. The highest BCUT2D eigenvalue weighted by Gasteiger charge is 2.37. The molecule has 0 bridgehead atoms. The van der Waals surface area contributed by atoms with Gasteiger partial charge in [0.05, 0.1) is 32.3 Å². The molecule has 1 aliphatic rings. The number of primary amides is 1. The Bertz CT molecular complexity index is 3210. The Labute approximate surface area is 523 Å². The number of imidazole rings is 1. The van der Waals surface area contributed by atoms with Gasteiger partial charge in [-0.2, -0.15) is 20.2 Å². The highest BCUT2D eigenvalue weighted by atomic mass is 32.3. The zero-order valence-corrected chi connectivity index (χ0v) is 50.3. The molecule has 0 spiro atoms. The standard InChI is InChI=1S/C53H72N16O20S2/c1-90-17-15-33(48(81)63-31(8-5-16-58-53(55)56)46(79)65-34(44(54)77)18-27-6-3-2-4-7-27)64-49(82)36(20-29-23-57-26-60-29)62-41(72)24-59-45(78)35(19-28-9-11-30(12-10-28)89-91(86,87)88)66-50(83)37(21-42(73)74)67-51(84)38(22-43(75)76)68-52(85)39(25-70)69-47(80)32-13-14-40(71)61-32/h2-4,6-7,9-12,23,26,31-39,70H,5,8,13-22,24-25H2,1H3,(H2,54,77)(H,57,60)(H,59,78)(H,61,71)(H,62,72)(H,63,81)(H,64,82)(H,65,79)(H,66,83)(H,67,84)(H,68,85)(H,69,80)(H,73,74)(H,75,76)(H4,55,56,58)(H,86,87,88)/t31-,32-,33-,34-,35-,36-,37-,38-,39-/m0/s1. The largest absolute Gasteiger partial charge is 0.481 e. The van der Waals surface area contributed by atoms with E-state index >= 15 is 0 Å². The number of guanidine groups is 1. The molecule has 2 heterocycles. The number of nitrogens with zero attached hydrogens (tertiary/aromatic N) is 2. The highest BCUT2D eigenvalue weighted by Crippen LogP contribution is 2.16. The molecule has 0 radical (unpaired) electrons. The Morgan fingerprint density at radius 2 is 1.19 bits per heavy atom. The molecule has 3 aromatic rings. The first-order valence-corrected chi connectivity index (χ1v) is 30.4. The van der Waals surface area contributed by atoms with Crippen LogP contribution in [0.25, 0.3) is 0 Å². The second-order valence-electron chi connectivity index (χ2n) is 20.3. The number of aliphatic carboxylic acids is 2. The van der Waals surface area contributed by atoms with Crippen molar-refractivity contribution in [2.45, 2.75) is 119 Å². The molecular weight excluding hydrogens is 1240 g/mol. The van der Waals surface area contributed by atoms with Crippen molar-refractivity contribution >= 4 is 105 Å². The molecule has 1 saturated heterocycles. The fourth-order valence-corrected chi connectivity index (χ4v) is 9.46. The molecule has 11 amide bonds. The fraction of sp³-hybridized carbons (Fsp3) is 0.453. The van der Waals surface area contributed by atoms with Gasteiger partial charge in [-0.05, 0) is 61.0 Å². The minimum absolute atomic E-state index is 0.00836. The van der Waals surface area contributed by atoms with Crippen LogP contribution >= 0.6 is 11.8 Å². The van der Waals surface area contributed by atoms with E-state index in [9.17, 15) is 86.1 Å². The summed E-state index contributed by atoms with van der Waals surface area (Å²) in [6, 6.07) is -1.52. The first-order valence-electron chi connectivity index (χ1n) is 27.7. The number of H-pyrrole nitrogens is 1. The van der Waals surface area contributed by atoms with Gasteiger partial charge >= 0.3 is 22.3 Å². The second kappa shape index (κ2) is 36.5. The molecule has 36 nitrogen and oxygen atoms in total. The van der Waals surface area contributed by atoms with Gasteiger partial charge in [0.2, 0.25) is 65.0 Å². The molecule has 0 saturated carbocycles. The predicted molar refractivity (Wildman–Crippen MR) is 318 cm³/mol. The second-order valence-corrected chi connectivity index (χ2v) is 22.3. The number of thioether (sulfide) groups is 1. The van der Waals surface area contributed by atoms with Crippen molar-refractivity contribution in [3.8, 4) is 5.75 Å². The van der Waals surface area contributed by atoms with Crippen LogP contribution in [0, 0.1) is 0 Å². The van der Waals surface area contributed by atoms with Crippen LogP contribution in [0.5, 0.6) is 5.75 Å². The van der Waals surface area contributed by atoms with Gasteiger partial charge in [-0.25, -0.2) is 4.98 Å². The van der Waals surface area contributed by atoms with E-state index in [4.69, 9.17) is 21.8 Å². The number of hydrogen-bond donors (Lipinski definition) is 18. The van der Waals surface area contributed by atoms with Crippen LogP contribution in [-0.2, 0) is 92.0 Å². The number of benzene rings is 2. The molecule has 496 valence electrons. The summed E-state index contributed by atoms with van der Waals surface area (Å²) in [5.41, 5.74) is 17.7. The maximum atomic E-state index is 14.3. The summed E-state index contributed by atoms with van der Waals surface area (Å²) in [6.45, 7) is -2.03. The molecule has 1 aliphatic heterocycles. The van der Waals surface area contributed by atoms with Gasteiger partial charge in [0, 0.05) is 44.1 Å². The SMILES string of the molecule is CSCC[C@H](NC(=O)[C@H](Cc1cnc[nH]1)NC(=O)CNC(=O)[C@H](Cc1ccc(OS(=O)(=O)O)cc1)NC(=O)[C@H](CC(=O)O)NC(=O)[C@H](CC(=O)O)NC(=O)[C@H](CO)NC(=O)[C@@H]1CCC(=O)N1)C(=O)N[C@@H](CCCN=C(N)N)C(=O)N[C@@H](Cc1ccccc1)C(N)=O. The van der Waals surface area contributed by atoms with E-state index < -0.39 is 180 Å². The lowest BCUT2D eigenvalue weighted by molar-refractivity contribution is -0.143. The third-order valence-corrected chi connectivity index (χ3v) is 14.2. The number of carboxylic acid groups (broad SMARTS) is 2. The molecular formula is C53H72N16O20S2. The van der Waals surface area contributed by atoms with Crippen molar-refractivity contribution in [2.75, 3.05) is 31.7 Å². The molecule has 1 aromatic heterocycles. The van der Waals surface area contributed by atoms with Crippen LogP contribution in [0.3, 0.4) is 0 Å². The zero-order valence-electron chi connectivity index (χ0n) is 48.7. The number of hydrogen-bond acceptors (Lipinski definition) is 20. The number of aliphatic hydroxyl groups excluding tert-OH is 1. The topological polar surface area (TPSA) is 586 Å². The Morgan fingerprint density at radius 1 is 0.670 bits per heavy atom. The summed E-state index contributed by atoms with van der Waals surface area (Å²) < 4.78 is 36.3. The number of nitrogens with two attached hydrogens (primary N) is 3. The first kappa shape index (κ1) is 73.5. The Hall–Kier alpha value is -9.95. The number of aromatic amines is 1. The lowest BCUT2D eigenvalue weighted by Gasteiger charge is -2.26. The van der Waals surface area contributed by atoms with Crippen molar-refractivity contribution < 1.29 is 94.8 Å². The molecule has 0 unspecified atom stereocenters. The third-order valence-electron chi connectivity index (χ3n) is 13.2. The summed E-state index contributed by atoms with van der Waals surface area (Å²) in [5.74, 6) is -15.2. The van der Waals surface area contributed by atoms with Crippen LogP contribution < -0.4 is 74.6 Å². The van der Waals surface area contributed by atoms with E-state index in [0.29, 0.717) is 5.56 Å². The average molecular weight is 1320 g/mol. The van der Waals surface area contributed by atoms with Crippen molar-refractivity contribution in [3.05, 3.63) is 83.9 Å². The maximum Gasteiger partial charge on any atom is 0.446 e. The Kier molecular flexibility index (Phi) is 29.5. The summed E-state index contributed by atoms with van der Waals surface area (Å²) in [4.78, 5) is 183. The molecule has 21 N–H and O–H groups in total. The molecule has 38 heteroatoms. The van der Waals surface area contributed by atoms with Gasteiger partial charge in [-0.15, -0.1) is 0 Å². The fourth-order valence-electron chi connectivity index (χ4n) is 8.64. The van der Waals surface area contributed by atoms with E-state index in [1.54, 1.807) is 36.6 Å². The number of aliphatic hydroxyl groups is 1. The van der Waals surface area contributed by atoms with Gasteiger partial charge in [0.15, 0.2) is 5.96 Å². The number of carbonyl (C=O) groups excluding carboxylic acids is 11. The van der Waals surface area contributed by atoms with Gasteiger partial charge in [-0.3, -0.25) is 71.9 Å². The maximum absolute atomic E-state index is 14.3. The van der Waals surface area contributed by atoms with Gasteiger partial charge in [0.25, 0.3) is 0 Å². The van der Waals surface area contributed by atoms with Crippen molar-refractivity contribution in [2.24, 2.45) is 22.2 Å². The monoisotopic (exact) mass is 1320 g/mol. The van der Waals surface area contributed by atoms with Crippen LogP contribution in [0.15, 0.2) is 72.1 Å². The number of carboxylic acids is 2. The van der Waals surface area contributed by atoms with E-state index in [1.807, 2.05) is 10.6 Å². The normalized spacial score (nSPS) is 15.3. The Balaban J connectivity index is 1.57. The molecule has 2 aromatic carbocycles. The molecule has 91 heavy (non-hydrogen) atoms. The van der Waals surface area contributed by atoms with Crippen LogP contribution in [0.4, 0.5) is 0 Å². The van der Waals surface area contributed by atoms with E-state index in [1.165, 1.54) is 36.4 Å². The Morgan fingerprint density at radius 3 is 1.70 bits per heavy atom. The lowest BCUT2D eigenvalue weighted by atomic mass is 10.0. The molecule has 9 atom stereocenters. The smallest absolute Gasteiger partial charge is 0.446 e. The highest BCUT2D eigenvalue weighted by molar-refractivity contribution is 7.98. The van der Waals surface area contributed by atoms with Crippen LogP contribution in [-0.4, -0.2) is 207 Å². The van der Waals surface area contributed by atoms with Crippen LogP contribution in [0.2, 0.25) is 0 Å². The van der Waals surface area contributed by atoms with E-state index in [0.717, 1.165) is 12.1 Å². The quantitative estimate of drug-likeness (QED) is 0.0109. The van der Waals surface area contributed by atoms with Gasteiger partial charge < -0.3 is 94.9 Å². The number of rotatable bonds is 39. The van der Waals surface area contributed by atoms with E-state index in [2.05, 4.69) is 61.7 Å². The van der Waals surface area contributed by atoms with Crippen LogP contribution in [0.1, 0.15) is 61.8 Å². The summed E-state index contributed by atoms with van der Waals surface area (Å²) >= 11 is 1.30. The van der Waals surface area contributed by atoms with Gasteiger partial charge in [-0.1, -0.05) is 42.5 Å². The predicted octanol–water partition coefficient (Wildman–Crippen LogP) is -6.87. The number of carbonyl (C=O) groups is 13. The number of aromatic nitrogens is 2. The lowest BCUT2D eigenvalue weighted by Crippen LogP contribution is -2.60. The van der Waals surface area contributed by atoms with E-state index in [-0.39, 0.29) is 74.5 Å². The first-order chi connectivity index (χ1) is 43.0. The van der Waals surface area contributed by atoms with Crippen molar-refractivity contribution in [3.63, 3.8) is 0 Å². The summed E-state index contributed by atoms with van der Waals surface area (Å²) in [5, 5.41) is 52.6. The average Bonchev–Trinajstić information content (AvgIpc) is 1.74. The van der Waals surface area contributed by atoms with Crippen molar-refractivity contribution in [1.29, 1.82) is 0 Å². The molecule has 4 rings (SSSR count). The number of nitrogens with one attached hydrogen (secondary N) is 11. The number of amides is 11. The zero-order chi connectivity index (χ0) is 67.4. The summed E-state index contributed by atoms with van der Waals surface area (Å²) in [7, 11) is -5.01. The minimum Gasteiger partial charge on any atom is -0.481 e. The number of aliphatic imine (C=N–C) groups is 1. The molecule has 0 aliphatic carbocycles. The van der Waals surface area contributed by atoms with Gasteiger partial charge in [0.1, 0.15) is 60.1 Å². The third kappa shape index (κ3) is 26.7.